The zero-order valence-corrected chi connectivity index (χ0v) is 21.2. The normalized spacial score (nSPS) is 28.4. The fourth-order valence-electron chi connectivity index (χ4n) is 6.06. The van der Waals surface area contributed by atoms with E-state index in [0.29, 0.717) is 11.5 Å². The van der Waals surface area contributed by atoms with Crippen LogP contribution in [0, 0.1) is 11.8 Å². The van der Waals surface area contributed by atoms with Gasteiger partial charge in [-0.15, -0.1) is 0 Å². The van der Waals surface area contributed by atoms with E-state index < -0.39 is 5.63 Å². The van der Waals surface area contributed by atoms with Crippen LogP contribution in [0.2, 0.25) is 18.1 Å². The van der Waals surface area contributed by atoms with Gasteiger partial charge in [0.05, 0.1) is 0 Å². The summed E-state index contributed by atoms with van der Waals surface area (Å²) in [6.45, 7) is 2.33. The van der Waals surface area contributed by atoms with Crippen LogP contribution in [0.5, 0.6) is 0 Å². The average Bonchev–Trinajstić information content (AvgIpc) is 2.78. The van der Waals surface area contributed by atoms with Gasteiger partial charge in [0.1, 0.15) is 0 Å². The summed E-state index contributed by atoms with van der Waals surface area (Å²) in [7, 11) is -0.326. The summed E-state index contributed by atoms with van der Waals surface area (Å²) in [5, 5.41) is 0. The molecule has 0 nitrogen and oxygen atoms in total. The first-order valence-corrected chi connectivity index (χ1v) is 15.9. The molecule has 0 amide bonds. The highest BCUT2D eigenvalue weighted by atomic mass is 35.5. The van der Waals surface area contributed by atoms with Gasteiger partial charge in [0.25, 0.3) is 0 Å². The molecule has 30 heavy (non-hydrogen) atoms. The van der Waals surface area contributed by atoms with Crippen LogP contribution in [-0.2, 0) is 0 Å². The fraction of sp³-hybridized carbons (Fsp3) is 0.778. The molecule has 1 atom stereocenters. The van der Waals surface area contributed by atoms with Crippen molar-refractivity contribution in [2.45, 2.75) is 120 Å². The van der Waals surface area contributed by atoms with Crippen LogP contribution < -0.4 is 0 Å². The van der Waals surface area contributed by atoms with E-state index in [1.165, 1.54) is 76.2 Å². The van der Waals surface area contributed by atoms with Gasteiger partial charge >= 0.3 is 0 Å². The average molecular weight is 451 g/mol. The van der Waals surface area contributed by atoms with Crippen LogP contribution in [0.4, 0.5) is 4.39 Å². The molecule has 170 valence electrons. The highest BCUT2D eigenvalue weighted by Gasteiger charge is 2.24. The maximum Gasteiger partial charge on any atom is 0.198 e. The Morgan fingerprint density at radius 2 is 1.47 bits per heavy atom. The van der Waals surface area contributed by atoms with Gasteiger partial charge in [-0.05, 0) is 49.0 Å². The molecule has 0 aromatic heterocycles. The van der Waals surface area contributed by atoms with Gasteiger partial charge in [-0.2, -0.15) is 0 Å². The Bertz CT molecular complexity index is 571. The van der Waals surface area contributed by atoms with Gasteiger partial charge in [0.15, 0.2) is 5.63 Å². The third-order valence-electron chi connectivity index (χ3n) is 8.16. The zero-order valence-electron chi connectivity index (χ0n) is 19.3. The molecule has 1 aromatic carbocycles. The molecule has 2 aliphatic rings. The van der Waals surface area contributed by atoms with Gasteiger partial charge in [-0.3, -0.25) is 0 Å². The Hall–Kier alpha value is -0.343. The summed E-state index contributed by atoms with van der Waals surface area (Å²) in [6, 6.07) is 12.8. The molecular weight excluding hydrogens is 407 g/mol. The lowest BCUT2D eigenvalue weighted by Crippen LogP contribution is -2.21. The van der Waals surface area contributed by atoms with Crippen LogP contribution in [0.25, 0.3) is 0 Å². The molecule has 0 spiro atoms. The van der Waals surface area contributed by atoms with E-state index in [1.807, 2.05) is 12.1 Å². The van der Waals surface area contributed by atoms with Crippen molar-refractivity contribution in [1.29, 1.82) is 0 Å². The van der Waals surface area contributed by atoms with Crippen LogP contribution in [0.3, 0.4) is 0 Å². The Balaban J connectivity index is 1.24. The number of rotatable bonds is 11. The molecule has 3 rings (SSSR count). The third-order valence-corrected chi connectivity index (χ3v) is 11.9. The first-order valence-electron chi connectivity index (χ1n) is 13.0. The quantitative estimate of drug-likeness (QED) is 0.179. The molecule has 1 saturated heterocycles. The first kappa shape index (κ1) is 24.3. The molecule has 1 heterocycles. The van der Waals surface area contributed by atoms with Crippen molar-refractivity contribution in [3.63, 3.8) is 0 Å². The van der Waals surface area contributed by atoms with E-state index in [1.54, 1.807) is 31.0 Å². The number of alkyl halides is 2. The van der Waals surface area contributed by atoms with Gasteiger partial charge < -0.3 is 0 Å². The molecule has 1 aliphatic heterocycles. The molecular formula is C27H44ClFSi. The summed E-state index contributed by atoms with van der Waals surface area (Å²) in [6.07, 6.45) is 18.7. The lowest BCUT2D eigenvalue weighted by molar-refractivity contribution is 0.297. The van der Waals surface area contributed by atoms with Crippen molar-refractivity contribution in [2.75, 3.05) is 0 Å². The van der Waals surface area contributed by atoms with Crippen molar-refractivity contribution in [2.24, 2.45) is 11.8 Å². The smallest absolute Gasteiger partial charge is 0.198 e. The van der Waals surface area contributed by atoms with Crippen LogP contribution in [0.1, 0.15) is 113 Å². The van der Waals surface area contributed by atoms with E-state index in [4.69, 9.17) is 11.6 Å². The van der Waals surface area contributed by atoms with E-state index in [9.17, 15) is 4.39 Å². The van der Waals surface area contributed by atoms with Crippen molar-refractivity contribution >= 4 is 20.4 Å². The highest BCUT2D eigenvalue weighted by molar-refractivity contribution is 6.58. The summed E-state index contributed by atoms with van der Waals surface area (Å²) in [5.41, 5.74) is 0.586. The lowest BCUT2D eigenvalue weighted by atomic mass is 9.77. The van der Waals surface area contributed by atoms with Gasteiger partial charge in [0.2, 0.25) is 0 Å². The molecule has 1 unspecified atom stereocenters. The highest BCUT2D eigenvalue weighted by Crippen LogP contribution is 2.39. The van der Waals surface area contributed by atoms with Crippen molar-refractivity contribution < 1.29 is 4.39 Å². The predicted molar refractivity (Wildman–Crippen MR) is 133 cm³/mol. The van der Waals surface area contributed by atoms with E-state index in [0.717, 1.165) is 11.8 Å². The largest absolute Gasteiger partial charge is 0.225 e. The lowest BCUT2D eigenvalue weighted by Gasteiger charge is -2.30. The molecule has 0 radical (unpaired) electrons. The summed E-state index contributed by atoms with van der Waals surface area (Å²) in [4.78, 5) is 0. The second-order valence-electron chi connectivity index (χ2n) is 10.4. The van der Waals surface area contributed by atoms with Crippen molar-refractivity contribution in [1.82, 2.24) is 0 Å². The van der Waals surface area contributed by atoms with E-state index >= 15 is 0 Å². The second kappa shape index (κ2) is 13.3. The van der Waals surface area contributed by atoms with Crippen molar-refractivity contribution in [3.8, 4) is 0 Å². The third kappa shape index (κ3) is 7.97. The maximum atomic E-state index is 13.2. The monoisotopic (exact) mass is 450 g/mol. The predicted octanol–water partition coefficient (Wildman–Crippen LogP) is 9.55. The number of benzene rings is 1. The van der Waals surface area contributed by atoms with E-state index in [2.05, 4.69) is 19.1 Å². The molecule has 1 aromatic rings. The molecule has 2 fully saturated rings. The Morgan fingerprint density at radius 1 is 0.867 bits per heavy atom. The van der Waals surface area contributed by atoms with Crippen LogP contribution in [-0.4, -0.2) is 8.80 Å². The summed E-state index contributed by atoms with van der Waals surface area (Å²) in [5.74, 6) is 2.68. The molecule has 1 saturated carbocycles. The maximum absolute atomic E-state index is 13.2. The minimum absolute atomic E-state index is 0.326. The number of hydrogen-bond donors (Lipinski definition) is 0. The summed E-state index contributed by atoms with van der Waals surface area (Å²) < 4.78 is 13.2. The number of halogens is 2. The molecule has 3 heteroatoms. The molecule has 0 N–H and O–H groups in total. The molecule has 0 bridgehead atoms. The Kier molecular flexibility index (Phi) is 10.7. The minimum atomic E-state index is -1.38. The van der Waals surface area contributed by atoms with Crippen LogP contribution >= 0.6 is 11.6 Å². The van der Waals surface area contributed by atoms with Gasteiger partial charge in [-0.1, -0.05) is 119 Å². The molecule has 1 aliphatic carbocycles. The first-order chi connectivity index (χ1) is 14.7. The Labute approximate surface area is 192 Å². The second-order valence-corrected chi connectivity index (χ2v) is 14.2. The topological polar surface area (TPSA) is 0 Å². The Morgan fingerprint density at radius 3 is 2.03 bits per heavy atom. The number of hydrogen-bond acceptors (Lipinski definition) is 0. The minimum Gasteiger partial charge on any atom is -0.225 e. The fourth-order valence-corrected chi connectivity index (χ4v) is 9.82. The van der Waals surface area contributed by atoms with Gasteiger partial charge in [-0.25, -0.2) is 4.39 Å². The van der Waals surface area contributed by atoms with Crippen LogP contribution in [0.15, 0.2) is 24.3 Å². The number of unbranched alkanes of at least 4 members (excludes halogenated alkanes) is 3. The SMILES string of the molecule is CCCCC[Si@H]1CC[C@H](CCCC[C@H]2CC[C@H](c3ccc(C(F)Cl)cc3)CC2)CC1. The summed E-state index contributed by atoms with van der Waals surface area (Å²) >= 11 is 5.53. The van der Waals surface area contributed by atoms with Crippen molar-refractivity contribution in [3.05, 3.63) is 35.4 Å². The standard InChI is InChI=1S/C27H44ClFSi/c1-2-3-6-19-30-20-17-23(18-21-30)8-5-4-7-22-9-11-24(12-10-22)25-13-15-26(16-14-25)27(28)29/h13-16,22-24,27,30H,2-12,17-21H2,1H3/t22-,23-,24-,27?,30-. The van der Waals surface area contributed by atoms with Gasteiger partial charge in [0, 0.05) is 14.4 Å². The van der Waals surface area contributed by atoms with E-state index in [-0.39, 0.29) is 8.80 Å². The zero-order chi connectivity index (χ0) is 21.2.